The van der Waals surface area contributed by atoms with Gasteiger partial charge < -0.3 is 9.84 Å². The van der Waals surface area contributed by atoms with Gasteiger partial charge in [0.2, 0.25) is 0 Å². The lowest BCUT2D eigenvalue weighted by Gasteiger charge is -2.27. The number of hydrogen-bond acceptors (Lipinski definition) is 4. The van der Waals surface area contributed by atoms with Crippen LogP contribution >= 0.6 is 23.2 Å². The number of hydrogen-bond donors (Lipinski definition) is 2. The highest BCUT2D eigenvalue weighted by Gasteiger charge is 2.73. The standard InChI is InChI=1S/C12H7Cl2F7N2O3/c13-6-1-5(2-7(14)9(6)26-4-8(24)25)3-22-23-12(20,21)10(15,16)11(17,18)19/h1-3,23H,4H2,(H,24,25)/b22-3+. The number of nitrogens with one attached hydrogen (secondary N) is 1. The normalized spacial score (nSPS) is 13.1. The number of aliphatic carboxylic acids is 1. The van der Waals surface area contributed by atoms with Crippen LogP contribution in [0.25, 0.3) is 0 Å². The lowest BCUT2D eigenvalue weighted by atomic mass is 10.2. The third-order valence-electron chi connectivity index (χ3n) is 2.53. The lowest BCUT2D eigenvalue weighted by molar-refractivity contribution is -0.361. The van der Waals surface area contributed by atoms with Gasteiger partial charge in [0, 0.05) is 0 Å². The van der Waals surface area contributed by atoms with E-state index in [1.54, 1.807) is 0 Å². The molecule has 0 radical (unpaired) electrons. The van der Waals surface area contributed by atoms with E-state index >= 15 is 0 Å². The minimum atomic E-state index is -6.51. The van der Waals surface area contributed by atoms with Gasteiger partial charge in [-0.05, 0) is 17.7 Å². The molecule has 0 aliphatic rings. The summed E-state index contributed by atoms with van der Waals surface area (Å²) in [6, 6.07) is -3.79. The summed E-state index contributed by atoms with van der Waals surface area (Å²) in [6.45, 7) is -0.798. The highest BCUT2D eigenvalue weighted by Crippen LogP contribution is 2.45. The van der Waals surface area contributed by atoms with Crippen LogP contribution in [0.1, 0.15) is 5.56 Å². The van der Waals surface area contributed by atoms with E-state index in [-0.39, 0.29) is 21.4 Å². The molecule has 0 heterocycles. The lowest BCUT2D eigenvalue weighted by Crippen LogP contribution is -2.58. The Bertz CT molecular complexity index is 688. The Morgan fingerprint density at radius 1 is 1.15 bits per heavy atom. The van der Waals surface area contributed by atoms with Gasteiger partial charge in [-0.3, -0.25) is 0 Å². The van der Waals surface area contributed by atoms with Crippen molar-refractivity contribution in [1.82, 2.24) is 5.43 Å². The fourth-order valence-electron chi connectivity index (χ4n) is 1.36. The van der Waals surface area contributed by atoms with Crippen LogP contribution < -0.4 is 10.2 Å². The van der Waals surface area contributed by atoms with E-state index in [1.807, 2.05) is 0 Å². The molecule has 0 amide bonds. The largest absolute Gasteiger partial charge is 0.479 e. The molecule has 26 heavy (non-hydrogen) atoms. The van der Waals surface area contributed by atoms with Crippen molar-refractivity contribution in [3.8, 4) is 5.75 Å². The van der Waals surface area contributed by atoms with Crippen molar-refractivity contribution in [3.05, 3.63) is 27.7 Å². The molecule has 0 saturated carbocycles. The van der Waals surface area contributed by atoms with Crippen LogP contribution in [0.3, 0.4) is 0 Å². The predicted octanol–water partition coefficient (Wildman–Crippen LogP) is 4.17. The van der Waals surface area contributed by atoms with E-state index in [1.165, 1.54) is 0 Å². The first kappa shape index (κ1) is 22.1. The van der Waals surface area contributed by atoms with E-state index in [0.717, 1.165) is 12.1 Å². The van der Waals surface area contributed by atoms with Crippen LogP contribution in [0.5, 0.6) is 5.75 Å². The number of carboxylic acid groups (broad SMARTS) is 1. The summed E-state index contributed by atoms with van der Waals surface area (Å²) in [7, 11) is 0. The molecule has 1 rings (SSSR count). The zero-order valence-electron chi connectivity index (χ0n) is 12.1. The van der Waals surface area contributed by atoms with Gasteiger partial charge in [0.25, 0.3) is 0 Å². The number of nitrogens with zero attached hydrogens (tertiary/aromatic N) is 1. The van der Waals surface area contributed by atoms with Gasteiger partial charge >= 0.3 is 24.1 Å². The Hall–Kier alpha value is -1.95. The molecule has 1 aromatic carbocycles. The van der Waals surface area contributed by atoms with Crippen LogP contribution in [0.2, 0.25) is 10.0 Å². The second kappa shape index (κ2) is 7.74. The second-order valence-corrected chi connectivity index (χ2v) is 5.33. The fourth-order valence-corrected chi connectivity index (χ4v) is 1.97. The number of benzene rings is 1. The average Bonchev–Trinajstić information content (AvgIpc) is 2.44. The molecule has 0 atom stereocenters. The van der Waals surface area contributed by atoms with Crippen LogP contribution in [0.15, 0.2) is 17.2 Å². The summed E-state index contributed by atoms with van der Waals surface area (Å²) in [5, 5.41) is 10.5. The Balaban J connectivity index is 2.94. The molecule has 0 aliphatic carbocycles. The van der Waals surface area contributed by atoms with Crippen LogP contribution in [0.4, 0.5) is 30.7 Å². The molecule has 14 heteroatoms. The number of hydrazone groups is 1. The number of halogens is 9. The molecule has 0 saturated heterocycles. The fraction of sp³-hybridized carbons (Fsp3) is 0.333. The Morgan fingerprint density at radius 3 is 2.08 bits per heavy atom. The second-order valence-electron chi connectivity index (χ2n) is 4.51. The zero-order chi connectivity index (χ0) is 20.3. The average molecular weight is 431 g/mol. The zero-order valence-corrected chi connectivity index (χ0v) is 13.6. The quantitative estimate of drug-likeness (QED) is 0.294. The maximum atomic E-state index is 13.0. The Labute approximate surface area is 150 Å². The minimum Gasteiger partial charge on any atom is -0.479 e. The Morgan fingerprint density at radius 2 is 1.65 bits per heavy atom. The number of rotatable bonds is 7. The predicted molar refractivity (Wildman–Crippen MR) is 76.3 cm³/mol. The molecule has 0 aliphatic heterocycles. The summed E-state index contributed by atoms with van der Waals surface area (Å²) in [6.07, 6.45) is -6.06. The number of carbonyl (C=O) groups is 1. The first-order valence-corrected chi connectivity index (χ1v) is 6.91. The molecule has 0 spiro atoms. The first-order chi connectivity index (χ1) is 11.7. The van der Waals surface area contributed by atoms with Gasteiger partial charge in [0.15, 0.2) is 12.4 Å². The van der Waals surface area contributed by atoms with Crippen LogP contribution in [-0.4, -0.2) is 42.0 Å². The van der Waals surface area contributed by atoms with E-state index in [9.17, 15) is 35.5 Å². The van der Waals surface area contributed by atoms with Crippen molar-refractivity contribution in [1.29, 1.82) is 0 Å². The maximum Gasteiger partial charge on any atom is 0.462 e. The SMILES string of the molecule is O=C(O)COc1c(Cl)cc(/C=N/NC(F)(F)C(F)(F)C(F)(F)F)cc1Cl. The van der Waals surface area contributed by atoms with Gasteiger partial charge in [0.05, 0.1) is 16.3 Å². The molecular weight excluding hydrogens is 424 g/mol. The molecule has 0 aromatic heterocycles. The third kappa shape index (κ3) is 5.04. The van der Waals surface area contributed by atoms with E-state index < -0.39 is 30.7 Å². The van der Waals surface area contributed by atoms with Gasteiger partial charge in [-0.15, -0.1) is 0 Å². The van der Waals surface area contributed by atoms with Gasteiger partial charge in [0.1, 0.15) is 0 Å². The van der Waals surface area contributed by atoms with Crippen molar-refractivity contribution >= 4 is 35.4 Å². The van der Waals surface area contributed by atoms with Crippen molar-refractivity contribution < 1.29 is 45.4 Å². The first-order valence-electron chi connectivity index (χ1n) is 6.15. The molecule has 0 fully saturated rings. The highest BCUT2D eigenvalue weighted by molar-refractivity contribution is 6.37. The van der Waals surface area contributed by atoms with E-state index in [0.29, 0.717) is 11.6 Å². The number of ether oxygens (including phenoxy) is 1. The van der Waals surface area contributed by atoms with Crippen molar-refractivity contribution in [3.63, 3.8) is 0 Å². The van der Waals surface area contributed by atoms with Crippen LogP contribution in [0, 0.1) is 0 Å². The van der Waals surface area contributed by atoms with Crippen molar-refractivity contribution in [2.45, 2.75) is 18.1 Å². The molecule has 0 bridgehead atoms. The third-order valence-corrected chi connectivity index (χ3v) is 3.09. The summed E-state index contributed by atoms with van der Waals surface area (Å²) >= 11 is 11.4. The van der Waals surface area contributed by atoms with Crippen molar-refractivity contribution in [2.24, 2.45) is 5.10 Å². The smallest absolute Gasteiger partial charge is 0.462 e. The van der Waals surface area contributed by atoms with Crippen LogP contribution in [-0.2, 0) is 4.79 Å². The number of carboxylic acids is 1. The molecule has 146 valence electrons. The molecule has 2 N–H and O–H groups in total. The summed E-state index contributed by atoms with van der Waals surface area (Å²) in [4.78, 5) is 10.4. The minimum absolute atomic E-state index is 0.179. The molecule has 5 nitrogen and oxygen atoms in total. The van der Waals surface area contributed by atoms with Gasteiger partial charge in [-0.2, -0.15) is 35.8 Å². The van der Waals surface area contributed by atoms with E-state index in [4.69, 9.17) is 33.0 Å². The topological polar surface area (TPSA) is 70.9 Å². The summed E-state index contributed by atoms with van der Waals surface area (Å²) in [5.41, 5.74) is 0.240. The molecule has 1 aromatic rings. The molecular formula is C12H7Cl2F7N2O3. The van der Waals surface area contributed by atoms with Gasteiger partial charge in [-0.1, -0.05) is 23.2 Å². The highest BCUT2D eigenvalue weighted by atomic mass is 35.5. The van der Waals surface area contributed by atoms with E-state index in [2.05, 4.69) is 5.10 Å². The Kier molecular flexibility index (Phi) is 6.58. The molecule has 0 unspecified atom stereocenters. The maximum absolute atomic E-state index is 13.0. The number of alkyl halides is 7. The summed E-state index contributed by atoms with van der Waals surface area (Å²) in [5.74, 6) is -7.99. The van der Waals surface area contributed by atoms with Gasteiger partial charge in [-0.25, -0.2) is 10.2 Å². The summed E-state index contributed by atoms with van der Waals surface area (Å²) < 4.78 is 91.8. The monoisotopic (exact) mass is 430 g/mol. The van der Waals surface area contributed by atoms with Crippen molar-refractivity contribution in [2.75, 3.05) is 6.61 Å².